The topological polar surface area (TPSA) is 0 Å². The molecule has 0 nitrogen and oxygen atoms in total. The van der Waals surface area contributed by atoms with Crippen molar-refractivity contribution >= 4 is 0 Å². The molecule has 0 spiro atoms. The Labute approximate surface area is 97.8 Å². The summed E-state index contributed by atoms with van der Waals surface area (Å²) in [5, 5.41) is 0. The third-order valence-corrected chi connectivity index (χ3v) is 3.82. The van der Waals surface area contributed by atoms with E-state index in [2.05, 4.69) is 41.5 Å². The molecule has 15 heavy (non-hydrogen) atoms. The van der Waals surface area contributed by atoms with E-state index in [1.54, 1.807) is 0 Å². The normalized spacial score (nSPS) is 17.8. The first kappa shape index (κ1) is 15.0. The minimum Gasteiger partial charge on any atom is -0.0654 e. The third-order valence-electron chi connectivity index (χ3n) is 3.82. The number of hydrogen-bond acceptors (Lipinski definition) is 0. The summed E-state index contributed by atoms with van der Waals surface area (Å²) in [6, 6.07) is 0. The van der Waals surface area contributed by atoms with E-state index < -0.39 is 0 Å². The predicted octanol–water partition coefficient (Wildman–Crippen LogP) is 5.52. The van der Waals surface area contributed by atoms with Gasteiger partial charge in [-0.2, -0.15) is 0 Å². The van der Waals surface area contributed by atoms with Crippen LogP contribution in [0.2, 0.25) is 0 Å². The van der Waals surface area contributed by atoms with Crippen molar-refractivity contribution in [1.82, 2.24) is 0 Å². The van der Waals surface area contributed by atoms with E-state index in [4.69, 9.17) is 0 Å². The van der Waals surface area contributed by atoms with E-state index in [9.17, 15) is 0 Å². The van der Waals surface area contributed by atoms with Gasteiger partial charge >= 0.3 is 0 Å². The van der Waals surface area contributed by atoms with E-state index in [-0.39, 0.29) is 0 Å². The van der Waals surface area contributed by atoms with Crippen molar-refractivity contribution in [2.45, 2.75) is 73.6 Å². The lowest BCUT2D eigenvalue weighted by molar-refractivity contribution is 0.259. The van der Waals surface area contributed by atoms with Crippen molar-refractivity contribution in [3.8, 4) is 0 Å². The molecule has 0 fully saturated rings. The molecule has 0 aromatic rings. The molecule has 0 aromatic heterocycles. The van der Waals surface area contributed by atoms with Gasteiger partial charge in [-0.05, 0) is 36.5 Å². The van der Waals surface area contributed by atoms with Gasteiger partial charge in [-0.3, -0.25) is 0 Å². The summed E-state index contributed by atoms with van der Waals surface area (Å²) in [5.41, 5.74) is 0. The van der Waals surface area contributed by atoms with Gasteiger partial charge in [0.1, 0.15) is 0 Å². The fourth-order valence-corrected chi connectivity index (χ4v) is 2.57. The SMILES string of the molecule is CCCC(CC(C)C)CC(C)C(C)CC. The summed E-state index contributed by atoms with van der Waals surface area (Å²) in [6.45, 7) is 14.2. The van der Waals surface area contributed by atoms with Gasteiger partial charge in [-0.1, -0.05) is 60.8 Å². The van der Waals surface area contributed by atoms with Crippen molar-refractivity contribution in [2.75, 3.05) is 0 Å². The Bertz CT molecular complexity index is 137. The Morgan fingerprint density at radius 3 is 1.80 bits per heavy atom. The molecule has 0 aliphatic heterocycles. The van der Waals surface area contributed by atoms with E-state index >= 15 is 0 Å². The molecule has 0 rings (SSSR count). The molecule has 0 aliphatic carbocycles. The predicted molar refractivity (Wildman–Crippen MR) is 71.1 cm³/mol. The maximum Gasteiger partial charge on any atom is -0.0409 e. The zero-order valence-electron chi connectivity index (χ0n) is 11.8. The minimum absolute atomic E-state index is 0.866. The smallest absolute Gasteiger partial charge is 0.0409 e. The van der Waals surface area contributed by atoms with Gasteiger partial charge in [-0.25, -0.2) is 0 Å². The van der Waals surface area contributed by atoms with E-state index in [1.165, 1.54) is 32.1 Å². The largest absolute Gasteiger partial charge is 0.0654 e. The summed E-state index contributed by atoms with van der Waals surface area (Å²) < 4.78 is 0. The van der Waals surface area contributed by atoms with Gasteiger partial charge in [0, 0.05) is 0 Å². The fourth-order valence-electron chi connectivity index (χ4n) is 2.57. The molecule has 0 bridgehead atoms. The van der Waals surface area contributed by atoms with Crippen molar-refractivity contribution in [1.29, 1.82) is 0 Å². The van der Waals surface area contributed by atoms with Crippen LogP contribution in [-0.4, -0.2) is 0 Å². The Morgan fingerprint density at radius 2 is 1.40 bits per heavy atom. The lowest BCUT2D eigenvalue weighted by atomic mass is 9.80. The van der Waals surface area contributed by atoms with E-state index in [1.807, 2.05) is 0 Å². The standard InChI is InChI=1S/C15H32/c1-7-9-15(10-12(3)4)11-14(6)13(5)8-2/h12-15H,7-11H2,1-6H3. The van der Waals surface area contributed by atoms with Crippen LogP contribution in [0, 0.1) is 23.7 Å². The minimum atomic E-state index is 0.866. The second kappa shape index (κ2) is 8.19. The summed E-state index contributed by atoms with van der Waals surface area (Å²) in [7, 11) is 0. The Morgan fingerprint density at radius 1 is 0.800 bits per heavy atom. The molecule has 0 aliphatic rings. The highest BCUT2D eigenvalue weighted by Crippen LogP contribution is 2.29. The highest BCUT2D eigenvalue weighted by Gasteiger charge is 2.17. The molecule has 0 heteroatoms. The Balaban J connectivity index is 4.02. The first-order valence-electron chi connectivity index (χ1n) is 7.01. The molecule has 0 heterocycles. The van der Waals surface area contributed by atoms with Crippen LogP contribution in [0.15, 0.2) is 0 Å². The highest BCUT2D eigenvalue weighted by atomic mass is 14.2. The van der Waals surface area contributed by atoms with Crippen LogP contribution in [0.3, 0.4) is 0 Å². The molecule has 0 amide bonds. The average Bonchev–Trinajstić information content (AvgIpc) is 2.15. The van der Waals surface area contributed by atoms with Crippen LogP contribution >= 0.6 is 0 Å². The molecule has 0 aromatic carbocycles. The molecule has 3 atom stereocenters. The molecular weight excluding hydrogens is 180 g/mol. The van der Waals surface area contributed by atoms with Crippen LogP contribution < -0.4 is 0 Å². The van der Waals surface area contributed by atoms with Crippen LogP contribution in [0.1, 0.15) is 73.6 Å². The van der Waals surface area contributed by atoms with Gasteiger partial charge in [0.15, 0.2) is 0 Å². The Hall–Kier alpha value is 0. The molecule has 0 saturated carbocycles. The zero-order valence-corrected chi connectivity index (χ0v) is 11.8. The second-order valence-corrected chi connectivity index (χ2v) is 5.88. The summed E-state index contributed by atoms with van der Waals surface area (Å²) in [5.74, 6) is 3.64. The molecule has 0 saturated heterocycles. The average molecular weight is 212 g/mol. The van der Waals surface area contributed by atoms with Crippen molar-refractivity contribution < 1.29 is 0 Å². The molecular formula is C15H32. The first-order valence-corrected chi connectivity index (χ1v) is 7.01. The second-order valence-electron chi connectivity index (χ2n) is 5.88. The maximum absolute atomic E-state index is 2.44. The lowest BCUT2D eigenvalue weighted by Gasteiger charge is -2.25. The van der Waals surface area contributed by atoms with Crippen molar-refractivity contribution in [2.24, 2.45) is 23.7 Å². The van der Waals surface area contributed by atoms with Gasteiger partial charge in [0.25, 0.3) is 0 Å². The summed E-state index contributed by atoms with van der Waals surface area (Å²) in [6.07, 6.45) is 6.99. The van der Waals surface area contributed by atoms with Crippen molar-refractivity contribution in [3.05, 3.63) is 0 Å². The van der Waals surface area contributed by atoms with Crippen molar-refractivity contribution in [3.63, 3.8) is 0 Å². The number of hydrogen-bond donors (Lipinski definition) is 0. The molecule has 92 valence electrons. The number of rotatable bonds is 8. The third kappa shape index (κ3) is 6.98. The monoisotopic (exact) mass is 212 g/mol. The molecule has 3 unspecified atom stereocenters. The van der Waals surface area contributed by atoms with Gasteiger partial charge in [0.2, 0.25) is 0 Å². The molecule has 0 radical (unpaired) electrons. The van der Waals surface area contributed by atoms with Gasteiger partial charge in [-0.15, -0.1) is 0 Å². The maximum atomic E-state index is 2.44. The fraction of sp³-hybridized carbons (Fsp3) is 1.00. The van der Waals surface area contributed by atoms with Crippen LogP contribution in [-0.2, 0) is 0 Å². The van der Waals surface area contributed by atoms with Gasteiger partial charge < -0.3 is 0 Å². The molecule has 0 N–H and O–H groups in total. The van der Waals surface area contributed by atoms with E-state index in [0.717, 1.165) is 23.7 Å². The summed E-state index contributed by atoms with van der Waals surface area (Å²) in [4.78, 5) is 0. The summed E-state index contributed by atoms with van der Waals surface area (Å²) >= 11 is 0. The van der Waals surface area contributed by atoms with Crippen LogP contribution in [0.4, 0.5) is 0 Å². The first-order chi connectivity index (χ1) is 7.01. The lowest BCUT2D eigenvalue weighted by Crippen LogP contribution is -2.14. The van der Waals surface area contributed by atoms with E-state index in [0.29, 0.717) is 0 Å². The Kier molecular flexibility index (Phi) is 8.19. The quantitative estimate of drug-likeness (QED) is 0.497. The van der Waals surface area contributed by atoms with Crippen LogP contribution in [0.5, 0.6) is 0 Å². The highest BCUT2D eigenvalue weighted by molar-refractivity contribution is 4.68. The van der Waals surface area contributed by atoms with Crippen LogP contribution in [0.25, 0.3) is 0 Å². The van der Waals surface area contributed by atoms with Gasteiger partial charge in [0.05, 0.1) is 0 Å². The zero-order chi connectivity index (χ0) is 11.8.